The molecule has 6 heteroatoms. The number of amides is 1. The molecule has 25 heavy (non-hydrogen) atoms. The van der Waals surface area contributed by atoms with Gasteiger partial charge < -0.3 is 9.80 Å². The summed E-state index contributed by atoms with van der Waals surface area (Å²) in [5.41, 5.74) is 1.91. The molecule has 0 bridgehead atoms. The van der Waals surface area contributed by atoms with Gasteiger partial charge in [-0.25, -0.2) is 9.67 Å². The average molecular weight is 339 g/mol. The zero-order valence-corrected chi connectivity index (χ0v) is 14.5. The normalized spacial score (nSPS) is 21.1. The first-order valence-electron chi connectivity index (χ1n) is 9.24. The molecule has 132 valence electrons. The van der Waals surface area contributed by atoms with Crippen LogP contribution in [-0.4, -0.2) is 62.7 Å². The third-order valence-corrected chi connectivity index (χ3v) is 5.32. The first-order valence-corrected chi connectivity index (χ1v) is 9.24. The molecule has 0 saturated carbocycles. The van der Waals surface area contributed by atoms with Crippen molar-refractivity contribution in [3.63, 3.8) is 0 Å². The summed E-state index contributed by atoms with van der Waals surface area (Å²) >= 11 is 0. The molecule has 2 saturated heterocycles. The Bertz CT molecular complexity index is 691. The fourth-order valence-corrected chi connectivity index (χ4v) is 3.98. The molecule has 2 aromatic rings. The van der Waals surface area contributed by atoms with Crippen LogP contribution in [0.15, 0.2) is 36.9 Å². The number of aromatic nitrogens is 3. The van der Waals surface area contributed by atoms with E-state index in [1.807, 2.05) is 24.3 Å². The number of rotatable bonds is 5. The second-order valence-electron chi connectivity index (χ2n) is 7.09. The Kier molecular flexibility index (Phi) is 4.78. The molecule has 1 aromatic heterocycles. The van der Waals surface area contributed by atoms with Gasteiger partial charge in [-0.3, -0.25) is 4.79 Å². The summed E-state index contributed by atoms with van der Waals surface area (Å²) in [7, 11) is 0. The molecule has 6 nitrogen and oxygen atoms in total. The van der Waals surface area contributed by atoms with Crippen molar-refractivity contribution in [2.24, 2.45) is 0 Å². The zero-order valence-electron chi connectivity index (χ0n) is 14.5. The number of carbonyl (C=O) groups excluding carboxylic acids is 1. The van der Waals surface area contributed by atoms with Crippen molar-refractivity contribution < 1.29 is 4.79 Å². The Morgan fingerprint density at radius 3 is 2.60 bits per heavy atom. The van der Waals surface area contributed by atoms with Crippen LogP contribution < -0.4 is 0 Å². The van der Waals surface area contributed by atoms with E-state index in [4.69, 9.17) is 0 Å². The van der Waals surface area contributed by atoms with Crippen LogP contribution in [0.5, 0.6) is 0 Å². The summed E-state index contributed by atoms with van der Waals surface area (Å²) in [6.45, 7) is 4.98. The van der Waals surface area contributed by atoms with E-state index in [2.05, 4.69) is 19.9 Å². The molecule has 4 rings (SSSR count). The van der Waals surface area contributed by atoms with Crippen molar-refractivity contribution in [3.8, 4) is 0 Å². The topological polar surface area (TPSA) is 54.3 Å². The third kappa shape index (κ3) is 3.74. The Morgan fingerprint density at radius 1 is 1.08 bits per heavy atom. The Hall–Kier alpha value is -2.21. The SMILES string of the molecule is O=C(c1ccc(Cn2cncn2)cc1)N1CCCC1CN1CCCC1. The number of carbonyl (C=O) groups is 1. The maximum Gasteiger partial charge on any atom is 0.254 e. The van der Waals surface area contributed by atoms with E-state index in [1.54, 1.807) is 11.0 Å². The number of likely N-dealkylation sites (tertiary alicyclic amines) is 2. The van der Waals surface area contributed by atoms with Crippen molar-refractivity contribution in [2.45, 2.75) is 38.3 Å². The van der Waals surface area contributed by atoms with Gasteiger partial charge in [0.1, 0.15) is 12.7 Å². The predicted octanol–water partition coefficient (Wildman–Crippen LogP) is 2.03. The van der Waals surface area contributed by atoms with Crippen molar-refractivity contribution in [1.82, 2.24) is 24.6 Å². The highest BCUT2D eigenvalue weighted by molar-refractivity contribution is 5.94. The van der Waals surface area contributed by atoms with E-state index >= 15 is 0 Å². The third-order valence-electron chi connectivity index (χ3n) is 5.32. The highest BCUT2D eigenvalue weighted by Crippen LogP contribution is 2.22. The van der Waals surface area contributed by atoms with Gasteiger partial charge in [0, 0.05) is 24.7 Å². The summed E-state index contributed by atoms with van der Waals surface area (Å²) < 4.78 is 1.78. The monoisotopic (exact) mass is 339 g/mol. The van der Waals surface area contributed by atoms with Gasteiger partial charge in [0.2, 0.25) is 0 Å². The number of nitrogens with zero attached hydrogens (tertiary/aromatic N) is 5. The molecule has 0 radical (unpaired) electrons. The van der Waals surface area contributed by atoms with Gasteiger partial charge in [0.05, 0.1) is 6.54 Å². The van der Waals surface area contributed by atoms with Gasteiger partial charge in [0.25, 0.3) is 5.91 Å². The summed E-state index contributed by atoms with van der Waals surface area (Å²) in [4.78, 5) is 21.5. The quantitative estimate of drug-likeness (QED) is 0.836. The molecule has 1 atom stereocenters. The fourth-order valence-electron chi connectivity index (χ4n) is 3.98. The first-order chi connectivity index (χ1) is 12.3. The van der Waals surface area contributed by atoms with Crippen LogP contribution in [-0.2, 0) is 6.54 Å². The van der Waals surface area contributed by atoms with Crippen molar-refractivity contribution in [1.29, 1.82) is 0 Å². The summed E-state index contributed by atoms with van der Waals surface area (Å²) in [5.74, 6) is 0.175. The molecular formula is C19H25N5O. The lowest BCUT2D eigenvalue weighted by Crippen LogP contribution is -2.42. The smallest absolute Gasteiger partial charge is 0.254 e. The van der Waals surface area contributed by atoms with E-state index in [-0.39, 0.29) is 5.91 Å². The lowest BCUT2D eigenvalue weighted by atomic mass is 10.1. The van der Waals surface area contributed by atoms with Gasteiger partial charge >= 0.3 is 0 Å². The molecule has 3 heterocycles. The Labute approximate surface area is 148 Å². The minimum Gasteiger partial charge on any atom is -0.334 e. The van der Waals surface area contributed by atoms with Crippen LogP contribution in [0.1, 0.15) is 41.6 Å². The van der Waals surface area contributed by atoms with Crippen molar-refractivity contribution >= 4 is 5.91 Å². The van der Waals surface area contributed by atoms with Crippen LogP contribution in [0.2, 0.25) is 0 Å². The van der Waals surface area contributed by atoms with Crippen LogP contribution in [0.3, 0.4) is 0 Å². The summed E-state index contributed by atoms with van der Waals surface area (Å²) in [6, 6.07) is 8.29. The number of hydrogen-bond acceptors (Lipinski definition) is 4. The molecule has 1 amide bonds. The number of hydrogen-bond donors (Lipinski definition) is 0. The second kappa shape index (κ2) is 7.35. The fraction of sp³-hybridized carbons (Fsp3) is 0.526. The molecule has 0 aliphatic carbocycles. The zero-order chi connectivity index (χ0) is 17.1. The maximum absolute atomic E-state index is 12.9. The molecule has 1 unspecified atom stereocenters. The van der Waals surface area contributed by atoms with Crippen LogP contribution in [0.4, 0.5) is 0 Å². The standard InChI is InChI=1S/C19H25N5O/c25-19(24-11-3-4-18(24)13-22-9-1-2-10-22)17-7-5-16(6-8-17)12-23-15-20-14-21-23/h5-8,14-15,18H,1-4,9-13H2. The van der Waals surface area contributed by atoms with E-state index in [1.165, 1.54) is 32.3 Å². The van der Waals surface area contributed by atoms with Gasteiger partial charge in [-0.1, -0.05) is 12.1 Å². The first kappa shape index (κ1) is 16.3. The van der Waals surface area contributed by atoms with Crippen molar-refractivity contribution in [3.05, 3.63) is 48.0 Å². The molecule has 2 aliphatic heterocycles. The lowest BCUT2D eigenvalue weighted by molar-refractivity contribution is 0.0709. The van der Waals surface area contributed by atoms with Gasteiger partial charge in [-0.05, 0) is 56.5 Å². The maximum atomic E-state index is 12.9. The molecule has 2 fully saturated rings. The molecule has 1 aromatic carbocycles. The molecular weight excluding hydrogens is 314 g/mol. The van der Waals surface area contributed by atoms with Crippen LogP contribution >= 0.6 is 0 Å². The lowest BCUT2D eigenvalue weighted by Gasteiger charge is -2.28. The molecule has 2 aliphatic rings. The highest BCUT2D eigenvalue weighted by atomic mass is 16.2. The summed E-state index contributed by atoms with van der Waals surface area (Å²) in [6.07, 6.45) is 8.08. The van der Waals surface area contributed by atoms with Crippen molar-refractivity contribution in [2.75, 3.05) is 26.2 Å². The highest BCUT2D eigenvalue weighted by Gasteiger charge is 2.31. The minimum absolute atomic E-state index is 0.175. The second-order valence-corrected chi connectivity index (χ2v) is 7.09. The summed E-state index contributed by atoms with van der Waals surface area (Å²) in [5, 5.41) is 4.12. The van der Waals surface area contributed by atoms with E-state index in [0.717, 1.165) is 37.1 Å². The predicted molar refractivity (Wildman–Crippen MR) is 95.3 cm³/mol. The van der Waals surface area contributed by atoms with Gasteiger partial charge in [-0.2, -0.15) is 5.10 Å². The molecule has 0 N–H and O–H groups in total. The average Bonchev–Trinajstić information content (AvgIpc) is 3.38. The molecule has 0 spiro atoms. The van der Waals surface area contributed by atoms with Gasteiger partial charge in [-0.15, -0.1) is 0 Å². The van der Waals surface area contributed by atoms with E-state index in [0.29, 0.717) is 12.6 Å². The number of benzene rings is 1. The van der Waals surface area contributed by atoms with E-state index in [9.17, 15) is 4.79 Å². The van der Waals surface area contributed by atoms with Crippen LogP contribution in [0, 0.1) is 0 Å². The largest absolute Gasteiger partial charge is 0.334 e. The van der Waals surface area contributed by atoms with Gasteiger partial charge in [0.15, 0.2) is 0 Å². The van der Waals surface area contributed by atoms with Crippen LogP contribution in [0.25, 0.3) is 0 Å². The minimum atomic E-state index is 0.175. The Morgan fingerprint density at radius 2 is 1.88 bits per heavy atom. The van der Waals surface area contributed by atoms with E-state index < -0.39 is 0 Å². The Balaban J connectivity index is 1.40.